The third-order valence-corrected chi connectivity index (χ3v) is 2.04. The molecule has 0 aliphatic carbocycles. The summed E-state index contributed by atoms with van der Waals surface area (Å²) in [6, 6.07) is 1.13. The Morgan fingerprint density at radius 3 is 2.86 bits per heavy atom. The Morgan fingerprint density at radius 2 is 2.29 bits per heavy atom. The molecule has 4 nitrogen and oxygen atoms in total. The lowest BCUT2D eigenvalue weighted by Gasteiger charge is -2.03. The second-order valence-corrected chi connectivity index (χ2v) is 3.14. The molecule has 0 atom stereocenters. The van der Waals surface area contributed by atoms with Crippen molar-refractivity contribution in [2.75, 3.05) is 0 Å². The monoisotopic (exact) mass is 195 g/mol. The number of hydrogen-bond acceptors (Lipinski definition) is 2. The fourth-order valence-corrected chi connectivity index (χ4v) is 1.27. The van der Waals surface area contributed by atoms with Gasteiger partial charge in [-0.25, -0.2) is 4.79 Å². The van der Waals surface area contributed by atoms with E-state index in [1.54, 1.807) is 0 Å². The average molecular weight is 195 g/mol. The minimum absolute atomic E-state index is 0.113. The number of aromatic carboxylic acids is 1. The summed E-state index contributed by atoms with van der Waals surface area (Å²) in [6.45, 7) is 2.03. The number of unbranched alkanes of at least 4 members (excludes halogenated alkanes) is 1. The van der Waals surface area contributed by atoms with E-state index in [1.165, 1.54) is 6.20 Å². The summed E-state index contributed by atoms with van der Waals surface area (Å²) < 4.78 is 0. The second-order valence-electron chi connectivity index (χ2n) is 3.14. The number of aromatic amines is 1. The maximum Gasteiger partial charge on any atom is 0.336 e. The van der Waals surface area contributed by atoms with E-state index in [0.29, 0.717) is 12.0 Å². The van der Waals surface area contributed by atoms with Crippen molar-refractivity contribution in [3.05, 3.63) is 33.7 Å². The van der Waals surface area contributed by atoms with Crippen LogP contribution in [0.15, 0.2) is 17.1 Å². The quantitative estimate of drug-likeness (QED) is 0.763. The zero-order valence-electron chi connectivity index (χ0n) is 8.04. The van der Waals surface area contributed by atoms with E-state index in [-0.39, 0.29) is 11.1 Å². The van der Waals surface area contributed by atoms with E-state index in [9.17, 15) is 9.59 Å². The molecule has 0 aliphatic heterocycles. The fourth-order valence-electron chi connectivity index (χ4n) is 1.27. The summed E-state index contributed by atoms with van der Waals surface area (Å²) in [4.78, 5) is 24.2. The molecular weight excluding hydrogens is 182 g/mol. The minimum atomic E-state index is -1.04. The predicted molar refractivity (Wildman–Crippen MR) is 52.6 cm³/mol. The Morgan fingerprint density at radius 1 is 1.57 bits per heavy atom. The van der Waals surface area contributed by atoms with Crippen molar-refractivity contribution in [3.8, 4) is 0 Å². The van der Waals surface area contributed by atoms with E-state index in [0.717, 1.165) is 18.9 Å². The Labute approximate surface area is 81.6 Å². The van der Waals surface area contributed by atoms with Gasteiger partial charge in [0.1, 0.15) is 0 Å². The smallest absolute Gasteiger partial charge is 0.336 e. The third-order valence-electron chi connectivity index (χ3n) is 2.04. The SMILES string of the molecule is CCCCc1c[nH]c(=O)cc1C(=O)O. The highest BCUT2D eigenvalue weighted by Crippen LogP contribution is 2.08. The van der Waals surface area contributed by atoms with Crippen LogP contribution in [0.3, 0.4) is 0 Å². The largest absolute Gasteiger partial charge is 0.478 e. The summed E-state index contributed by atoms with van der Waals surface area (Å²) >= 11 is 0. The molecule has 0 aliphatic rings. The topological polar surface area (TPSA) is 70.2 Å². The van der Waals surface area contributed by atoms with Gasteiger partial charge in [-0.2, -0.15) is 0 Å². The Hall–Kier alpha value is -1.58. The van der Waals surface area contributed by atoms with Gasteiger partial charge < -0.3 is 10.1 Å². The molecule has 0 saturated heterocycles. The summed E-state index contributed by atoms with van der Waals surface area (Å²) in [5.74, 6) is -1.04. The molecule has 1 aromatic heterocycles. The second kappa shape index (κ2) is 4.60. The highest BCUT2D eigenvalue weighted by molar-refractivity contribution is 5.89. The van der Waals surface area contributed by atoms with Crippen LogP contribution < -0.4 is 5.56 Å². The lowest BCUT2D eigenvalue weighted by Crippen LogP contribution is -2.12. The zero-order valence-corrected chi connectivity index (χ0v) is 8.04. The van der Waals surface area contributed by atoms with Crippen LogP contribution in [0.2, 0.25) is 0 Å². The van der Waals surface area contributed by atoms with Gasteiger partial charge in [0.15, 0.2) is 0 Å². The van der Waals surface area contributed by atoms with E-state index < -0.39 is 5.97 Å². The zero-order chi connectivity index (χ0) is 10.6. The lowest BCUT2D eigenvalue weighted by molar-refractivity contribution is 0.0695. The Bertz CT molecular complexity index is 381. The van der Waals surface area contributed by atoms with Crippen LogP contribution in [-0.2, 0) is 6.42 Å². The van der Waals surface area contributed by atoms with Crippen molar-refractivity contribution in [1.82, 2.24) is 4.98 Å². The molecular formula is C10H13NO3. The van der Waals surface area contributed by atoms with Crippen LogP contribution in [-0.4, -0.2) is 16.1 Å². The van der Waals surface area contributed by atoms with Crippen LogP contribution >= 0.6 is 0 Å². The number of carbonyl (C=O) groups is 1. The normalized spacial score (nSPS) is 10.1. The summed E-state index contributed by atoms with van der Waals surface area (Å²) in [7, 11) is 0. The van der Waals surface area contributed by atoms with Crippen LogP contribution in [0.5, 0.6) is 0 Å². The average Bonchev–Trinajstić information content (AvgIpc) is 2.15. The van der Waals surface area contributed by atoms with Crippen molar-refractivity contribution in [2.45, 2.75) is 26.2 Å². The van der Waals surface area contributed by atoms with Crippen molar-refractivity contribution in [3.63, 3.8) is 0 Å². The summed E-state index contributed by atoms with van der Waals surface area (Å²) in [5.41, 5.74) is 0.434. The lowest BCUT2D eigenvalue weighted by atomic mass is 10.1. The minimum Gasteiger partial charge on any atom is -0.478 e. The van der Waals surface area contributed by atoms with Gasteiger partial charge in [-0.3, -0.25) is 4.79 Å². The molecule has 76 valence electrons. The van der Waals surface area contributed by atoms with Crippen LogP contribution in [0.4, 0.5) is 0 Å². The molecule has 0 aromatic carbocycles. The van der Waals surface area contributed by atoms with Gasteiger partial charge in [-0.15, -0.1) is 0 Å². The van der Waals surface area contributed by atoms with Gasteiger partial charge in [0.25, 0.3) is 0 Å². The van der Waals surface area contributed by atoms with Gasteiger partial charge >= 0.3 is 5.97 Å². The number of hydrogen-bond donors (Lipinski definition) is 2. The van der Waals surface area contributed by atoms with E-state index >= 15 is 0 Å². The van der Waals surface area contributed by atoms with Gasteiger partial charge in [0, 0.05) is 12.3 Å². The highest BCUT2D eigenvalue weighted by Gasteiger charge is 2.09. The van der Waals surface area contributed by atoms with Gasteiger partial charge in [-0.05, 0) is 18.4 Å². The highest BCUT2D eigenvalue weighted by atomic mass is 16.4. The molecule has 2 N–H and O–H groups in total. The molecule has 1 rings (SSSR count). The maximum absolute atomic E-state index is 10.9. The summed E-state index contributed by atoms with van der Waals surface area (Å²) in [6.07, 6.45) is 4.10. The predicted octanol–water partition coefficient (Wildman–Crippen LogP) is 1.42. The first-order chi connectivity index (χ1) is 6.65. The van der Waals surface area contributed by atoms with Crippen molar-refractivity contribution in [2.24, 2.45) is 0 Å². The van der Waals surface area contributed by atoms with E-state index in [4.69, 9.17) is 5.11 Å². The Kier molecular flexibility index (Phi) is 3.45. The number of rotatable bonds is 4. The Balaban J connectivity index is 3.02. The van der Waals surface area contributed by atoms with Gasteiger partial charge in [0.05, 0.1) is 5.56 Å². The molecule has 0 amide bonds. The third kappa shape index (κ3) is 2.45. The molecule has 1 heterocycles. The van der Waals surface area contributed by atoms with Crippen LogP contribution in [0, 0.1) is 0 Å². The van der Waals surface area contributed by atoms with Crippen LogP contribution in [0.25, 0.3) is 0 Å². The number of aromatic nitrogens is 1. The molecule has 0 unspecified atom stereocenters. The molecule has 1 aromatic rings. The molecule has 0 bridgehead atoms. The maximum atomic E-state index is 10.9. The van der Waals surface area contributed by atoms with Gasteiger partial charge in [0.2, 0.25) is 5.56 Å². The number of H-pyrrole nitrogens is 1. The number of pyridine rings is 1. The first-order valence-electron chi connectivity index (χ1n) is 4.60. The summed E-state index contributed by atoms with van der Waals surface area (Å²) in [5, 5.41) is 8.84. The standard InChI is InChI=1S/C10H13NO3/c1-2-3-4-7-6-11-9(12)5-8(7)10(13)14/h5-6H,2-4H2,1H3,(H,11,12)(H,13,14). The molecule has 0 spiro atoms. The number of aryl methyl sites for hydroxylation is 1. The first-order valence-corrected chi connectivity index (χ1v) is 4.60. The fraction of sp³-hybridized carbons (Fsp3) is 0.400. The number of carboxylic acid groups (broad SMARTS) is 1. The van der Waals surface area contributed by atoms with Crippen molar-refractivity contribution in [1.29, 1.82) is 0 Å². The van der Waals surface area contributed by atoms with E-state index in [1.807, 2.05) is 6.92 Å². The number of carboxylic acids is 1. The first kappa shape index (κ1) is 10.5. The molecule has 0 fully saturated rings. The number of nitrogens with one attached hydrogen (secondary N) is 1. The molecule has 0 saturated carbocycles. The molecule has 4 heteroatoms. The van der Waals surface area contributed by atoms with Crippen LogP contribution in [0.1, 0.15) is 35.7 Å². The molecule has 14 heavy (non-hydrogen) atoms. The van der Waals surface area contributed by atoms with Gasteiger partial charge in [-0.1, -0.05) is 13.3 Å². The molecule has 0 radical (unpaired) electrons. The van der Waals surface area contributed by atoms with Crippen molar-refractivity contribution >= 4 is 5.97 Å². The van der Waals surface area contributed by atoms with Crippen molar-refractivity contribution < 1.29 is 9.90 Å². The van der Waals surface area contributed by atoms with E-state index in [2.05, 4.69) is 4.98 Å².